The number of rotatable bonds is 1. The zero-order chi connectivity index (χ0) is 7.86. The van der Waals surface area contributed by atoms with Crippen molar-refractivity contribution in [1.29, 1.82) is 0 Å². The molecule has 0 amide bonds. The third kappa shape index (κ3) is 94.5. The summed E-state index contributed by atoms with van der Waals surface area (Å²) in [7, 11) is -3.13. The molecule has 0 saturated carbocycles. The summed E-state index contributed by atoms with van der Waals surface area (Å²) >= 11 is 0. The number of carbonyl (C=O) groups is 1. The van der Waals surface area contributed by atoms with Crippen LogP contribution >= 0.6 is 8.25 Å². The van der Waals surface area contributed by atoms with Crippen LogP contribution < -0.4 is 5.73 Å². The van der Waals surface area contributed by atoms with Crippen molar-refractivity contribution in [2.75, 3.05) is 6.54 Å². The topological polar surface area (TPSA) is 121 Å². The van der Waals surface area contributed by atoms with Crippen molar-refractivity contribution in [2.24, 2.45) is 5.73 Å². The minimum atomic E-state index is -3.13. The second kappa shape index (κ2) is 7.58. The lowest BCUT2D eigenvalue weighted by atomic mass is 10.7. The number of hydrogen-bond acceptors (Lipinski definition) is 3. The molecule has 0 aromatic rings. The molecule has 0 aliphatic carbocycles. The van der Waals surface area contributed by atoms with E-state index in [1.165, 1.54) is 0 Å². The van der Waals surface area contributed by atoms with Crippen LogP contribution in [0.1, 0.15) is 0 Å². The van der Waals surface area contributed by atoms with Gasteiger partial charge in [0.05, 0.1) is 6.54 Å². The minimum absolute atomic E-state index is 0.278. The zero-order valence-corrected chi connectivity index (χ0v) is 5.44. The zero-order valence-electron chi connectivity index (χ0n) is 4.44. The molecule has 0 bridgehead atoms. The van der Waals surface area contributed by atoms with Crippen molar-refractivity contribution in [3.05, 3.63) is 0 Å². The van der Waals surface area contributed by atoms with Crippen LogP contribution in [-0.2, 0) is 9.36 Å². The third-order valence-electron chi connectivity index (χ3n) is 0.175. The molecule has 56 valence electrons. The van der Waals surface area contributed by atoms with Gasteiger partial charge in [-0.3, -0.25) is 9.36 Å². The summed E-state index contributed by atoms with van der Waals surface area (Å²) in [5.41, 5.74) is 4.57. The summed E-state index contributed by atoms with van der Waals surface area (Å²) in [5, 5.41) is 7.60. The quantitative estimate of drug-likeness (QED) is 0.340. The highest BCUT2D eigenvalue weighted by molar-refractivity contribution is 7.30. The molecule has 0 saturated heterocycles. The van der Waals surface area contributed by atoms with Gasteiger partial charge in [-0.2, -0.15) is 0 Å². The molecule has 0 heterocycles. The van der Waals surface area contributed by atoms with Gasteiger partial charge in [0.15, 0.2) is 0 Å². The molecule has 9 heavy (non-hydrogen) atoms. The largest absolute Gasteiger partial charge is 0.480 e. The van der Waals surface area contributed by atoms with E-state index in [1.807, 2.05) is 0 Å². The van der Waals surface area contributed by atoms with E-state index in [0.717, 1.165) is 0 Å². The van der Waals surface area contributed by atoms with E-state index in [2.05, 4.69) is 5.73 Å². The van der Waals surface area contributed by atoms with Gasteiger partial charge in [0.25, 0.3) is 0 Å². The molecule has 0 aliphatic heterocycles. The Morgan fingerprint density at radius 1 is 1.56 bits per heavy atom. The Labute approximate surface area is 51.9 Å². The van der Waals surface area contributed by atoms with E-state index in [9.17, 15) is 4.79 Å². The molecular weight excluding hydrogens is 149 g/mol. The summed E-state index contributed by atoms with van der Waals surface area (Å²) in [6.45, 7) is -0.278. The van der Waals surface area contributed by atoms with Gasteiger partial charge in [0.2, 0.25) is 0 Å². The van der Waals surface area contributed by atoms with Gasteiger partial charge in [-0.15, -0.1) is 0 Å². The molecular formula is C2H8NO5P. The SMILES string of the molecule is NCC(=O)O.O=[PH](O)O. The Balaban J connectivity index is 0. The molecule has 0 aromatic carbocycles. The Kier molecular flexibility index (Phi) is 9.59. The molecule has 0 radical (unpaired) electrons. The van der Waals surface area contributed by atoms with E-state index in [0.29, 0.717) is 0 Å². The average Bonchev–Trinajstić information content (AvgIpc) is 1.65. The van der Waals surface area contributed by atoms with E-state index in [1.54, 1.807) is 0 Å². The van der Waals surface area contributed by atoms with E-state index in [4.69, 9.17) is 19.5 Å². The third-order valence-corrected chi connectivity index (χ3v) is 0.175. The van der Waals surface area contributed by atoms with Gasteiger partial charge < -0.3 is 20.6 Å². The summed E-state index contributed by atoms with van der Waals surface area (Å²) in [5.74, 6) is -0.968. The monoisotopic (exact) mass is 157 g/mol. The van der Waals surface area contributed by atoms with Gasteiger partial charge in [0, 0.05) is 0 Å². The summed E-state index contributed by atoms with van der Waals surface area (Å²) in [6.07, 6.45) is 0. The maximum Gasteiger partial charge on any atom is 0.317 e. The fraction of sp³-hybridized carbons (Fsp3) is 0.500. The lowest BCUT2D eigenvalue weighted by Crippen LogP contribution is -2.10. The van der Waals surface area contributed by atoms with Crippen LogP contribution in [0.4, 0.5) is 0 Å². The van der Waals surface area contributed by atoms with Crippen molar-refractivity contribution in [3.8, 4) is 0 Å². The Bertz CT molecular complexity index is 99.1. The van der Waals surface area contributed by atoms with Gasteiger partial charge in [-0.05, 0) is 0 Å². The van der Waals surface area contributed by atoms with Gasteiger partial charge in [-0.1, -0.05) is 0 Å². The highest BCUT2D eigenvalue weighted by Gasteiger charge is 1.81. The van der Waals surface area contributed by atoms with Crippen molar-refractivity contribution in [1.82, 2.24) is 0 Å². The fourth-order valence-corrected chi connectivity index (χ4v) is 0. The molecule has 0 fully saturated rings. The van der Waals surface area contributed by atoms with Crippen LogP contribution in [0.2, 0.25) is 0 Å². The molecule has 0 unspecified atom stereocenters. The van der Waals surface area contributed by atoms with Crippen LogP contribution in [0.25, 0.3) is 0 Å². The Morgan fingerprint density at radius 2 is 1.67 bits per heavy atom. The normalized spacial score (nSPS) is 8.00. The maximum atomic E-state index is 9.24. The summed E-state index contributed by atoms with van der Waals surface area (Å²) in [4.78, 5) is 23.6. The first kappa shape index (κ1) is 11.4. The number of hydrogen-bond donors (Lipinski definition) is 4. The Morgan fingerprint density at radius 3 is 1.67 bits per heavy atom. The number of aliphatic carboxylic acids is 1. The van der Waals surface area contributed by atoms with Crippen molar-refractivity contribution < 1.29 is 24.3 Å². The molecule has 0 rings (SSSR count). The highest BCUT2D eigenvalue weighted by atomic mass is 31.1. The molecule has 0 atom stereocenters. The number of carboxylic acids is 1. The van der Waals surface area contributed by atoms with Crippen LogP contribution in [-0.4, -0.2) is 27.4 Å². The lowest BCUT2D eigenvalue weighted by Gasteiger charge is -1.73. The standard InChI is InChI=1S/C2H5NO2.H3O3P/c3-1-2(4)5;1-4(2)3/h1,3H2,(H,4,5);4H,(H2,1,2,3). The summed E-state index contributed by atoms with van der Waals surface area (Å²) in [6, 6.07) is 0. The molecule has 0 aliphatic rings. The fourth-order valence-electron chi connectivity index (χ4n) is 0. The van der Waals surface area contributed by atoms with Crippen molar-refractivity contribution >= 4 is 14.2 Å². The van der Waals surface area contributed by atoms with Gasteiger partial charge in [0.1, 0.15) is 0 Å². The predicted molar refractivity (Wildman–Crippen MR) is 30.1 cm³/mol. The number of nitrogens with two attached hydrogens (primary N) is 1. The van der Waals surface area contributed by atoms with Crippen LogP contribution in [0.15, 0.2) is 0 Å². The van der Waals surface area contributed by atoms with Crippen LogP contribution in [0.3, 0.4) is 0 Å². The Hall–Kier alpha value is -0.420. The van der Waals surface area contributed by atoms with Crippen LogP contribution in [0, 0.1) is 0 Å². The second-order valence-electron chi connectivity index (χ2n) is 0.880. The smallest absolute Gasteiger partial charge is 0.317 e. The lowest BCUT2D eigenvalue weighted by molar-refractivity contribution is -0.135. The van der Waals surface area contributed by atoms with E-state index >= 15 is 0 Å². The first-order valence-corrected chi connectivity index (χ1v) is 3.14. The summed E-state index contributed by atoms with van der Waals surface area (Å²) < 4.78 is 8.74. The molecule has 7 heteroatoms. The molecule has 5 N–H and O–H groups in total. The van der Waals surface area contributed by atoms with Gasteiger partial charge >= 0.3 is 14.2 Å². The molecule has 0 spiro atoms. The predicted octanol–water partition coefficient (Wildman–Crippen LogP) is -1.61. The first-order valence-electron chi connectivity index (χ1n) is 1.84. The van der Waals surface area contributed by atoms with Crippen molar-refractivity contribution in [3.63, 3.8) is 0 Å². The minimum Gasteiger partial charge on any atom is -0.480 e. The van der Waals surface area contributed by atoms with Crippen LogP contribution in [0.5, 0.6) is 0 Å². The highest BCUT2D eigenvalue weighted by Crippen LogP contribution is 1.98. The van der Waals surface area contributed by atoms with E-state index < -0.39 is 14.2 Å². The number of carboxylic acid groups (broad SMARTS) is 1. The average molecular weight is 157 g/mol. The molecule has 0 aromatic heterocycles. The first-order chi connectivity index (χ1) is 4.00. The van der Waals surface area contributed by atoms with E-state index in [-0.39, 0.29) is 6.54 Å². The maximum absolute atomic E-state index is 9.24. The molecule has 6 nitrogen and oxygen atoms in total. The second-order valence-corrected chi connectivity index (χ2v) is 1.45. The van der Waals surface area contributed by atoms with Gasteiger partial charge in [-0.25, -0.2) is 0 Å². The van der Waals surface area contributed by atoms with Crippen molar-refractivity contribution in [2.45, 2.75) is 0 Å².